The maximum absolute atomic E-state index is 5.49. The number of hydrogen-bond donors (Lipinski definition) is 0. The van der Waals surface area contributed by atoms with Gasteiger partial charge in [0.05, 0.1) is 0 Å². The maximum Gasteiger partial charge on any atom is 0.218 e. The Bertz CT molecular complexity index is 367. The summed E-state index contributed by atoms with van der Waals surface area (Å²) in [5, 5.41) is 0.534. The van der Waals surface area contributed by atoms with Crippen LogP contribution in [0.3, 0.4) is 0 Å². The van der Waals surface area contributed by atoms with Crippen molar-refractivity contribution in [3.8, 4) is 0 Å². The molecule has 12 heavy (non-hydrogen) atoms. The van der Waals surface area contributed by atoms with Crippen LogP contribution >= 0.6 is 34.9 Å². The summed E-state index contributed by atoms with van der Waals surface area (Å²) in [5.74, 6) is 0. The zero-order valence-electron chi connectivity index (χ0n) is 5.74. The normalized spacial score (nSPS) is 10.5. The molecular weight excluding hydrogens is 217 g/mol. The van der Waals surface area contributed by atoms with Crippen LogP contribution in [0.5, 0.6) is 0 Å². The summed E-state index contributed by atoms with van der Waals surface area (Å²) in [6, 6.07) is 3.68. The van der Waals surface area contributed by atoms with Crippen LogP contribution in [-0.4, -0.2) is 9.97 Å². The lowest BCUT2D eigenvalue weighted by molar-refractivity contribution is 1.39. The van der Waals surface area contributed by atoms with Crippen molar-refractivity contribution >= 4 is 50.4 Å². The van der Waals surface area contributed by atoms with Crippen molar-refractivity contribution in [3.05, 3.63) is 18.3 Å². The van der Waals surface area contributed by atoms with Crippen LogP contribution in [0.25, 0.3) is 10.3 Å². The molecule has 0 saturated carbocycles. The van der Waals surface area contributed by atoms with E-state index in [9.17, 15) is 0 Å². The van der Waals surface area contributed by atoms with Gasteiger partial charge in [0.1, 0.15) is 10.3 Å². The van der Waals surface area contributed by atoms with Gasteiger partial charge >= 0.3 is 0 Å². The van der Waals surface area contributed by atoms with E-state index < -0.39 is 0 Å². The first-order valence-electron chi connectivity index (χ1n) is 3.10. The highest BCUT2D eigenvalue weighted by Crippen LogP contribution is 2.28. The third kappa shape index (κ3) is 1.33. The van der Waals surface area contributed by atoms with Gasteiger partial charge in [-0.2, -0.15) is 3.94 Å². The van der Waals surface area contributed by atoms with Gasteiger partial charge in [-0.05, 0) is 12.1 Å². The first-order valence-corrected chi connectivity index (χ1v) is 4.60. The summed E-state index contributed by atoms with van der Waals surface area (Å²) in [7, 11) is 0. The topological polar surface area (TPSA) is 29.0 Å². The number of aromatic nitrogens is 2. The van der Waals surface area contributed by atoms with Gasteiger partial charge < -0.3 is 0 Å². The molecule has 0 aliphatic rings. The summed E-state index contributed by atoms with van der Waals surface area (Å²) in [4.78, 5) is 9.06. The number of hydrogen-bond acceptors (Lipinski definition) is 4. The van der Waals surface area contributed by atoms with Crippen LogP contribution in [0.1, 0.15) is 0 Å². The van der Waals surface area contributed by atoms with E-state index in [0.29, 0.717) is 5.13 Å². The molecule has 0 N–H and O–H groups in total. The first kappa shape index (κ1) is 8.04. The SMILES string of the molecule is ClN(Cl)c1nc2cccnc2s1. The molecule has 0 bridgehead atoms. The highest BCUT2D eigenvalue weighted by molar-refractivity contribution is 7.22. The van der Waals surface area contributed by atoms with Gasteiger partial charge in [0.15, 0.2) is 0 Å². The molecule has 0 amide bonds. The fraction of sp³-hybridized carbons (Fsp3) is 0. The smallest absolute Gasteiger partial charge is 0.218 e. The average Bonchev–Trinajstić information content (AvgIpc) is 2.46. The summed E-state index contributed by atoms with van der Waals surface area (Å²) in [5.41, 5.74) is 0.809. The molecule has 0 aromatic carbocycles. The van der Waals surface area contributed by atoms with Crippen LogP contribution in [0.15, 0.2) is 18.3 Å². The van der Waals surface area contributed by atoms with Crippen molar-refractivity contribution in [1.29, 1.82) is 0 Å². The molecule has 2 aromatic rings. The molecule has 0 fully saturated rings. The zero-order valence-corrected chi connectivity index (χ0v) is 8.07. The average molecular weight is 220 g/mol. The van der Waals surface area contributed by atoms with Crippen molar-refractivity contribution in [2.45, 2.75) is 0 Å². The molecule has 0 unspecified atom stereocenters. The van der Waals surface area contributed by atoms with Crippen molar-refractivity contribution < 1.29 is 0 Å². The minimum absolute atomic E-state index is 0.534. The van der Waals surface area contributed by atoms with Gasteiger partial charge in [-0.3, -0.25) is 0 Å². The fourth-order valence-electron chi connectivity index (χ4n) is 0.831. The number of pyridine rings is 1. The Kier molecular flexibility index (Phi) is 2.04. The van der Waals surface area contributed by atoms with E-state index in [1.807, 2.05) is 12.1 Å². The number of rotatable bonds is 1. The van der Waals surface area contributed by atoms with Crippen molar-refractivity contribution in [1.82, 2.24) is 9.97 Å². The summed E-state index contributed by atoms with van der Waals surface area (Å²) in [6.07, 6.45) is 1.71. The minimum Gasteiger partial charge on any atom is -0.244 e. The molecule has 2 rings (SSSR count). The van der Waals surface area contributed by atoms with E-state index >= 15 is 0 Å². The Hall–Kier alpha value is -0.580. The van der Waals surface area contributed by atoms with Gasteiger partial charge in [-0.15, -0.1) is 0 Å². The molecule has 3 nitrogen and oxygen atoms in total. The molecule has 0 saturated heterocycles. The number of halogens is 2. The Morgan fingerprint density at radius 3 is 2.92 bits per heavy atom. The summed E-state index contributed by atoms with van der Waals surface area (Å²) < 4.78 is 0.937. The van der Waals surface area contributed by atoms with E-state index in [-0.39, 0.29) is 0 Å². The molecule has 62 valence electrons. The van der Waals surface area contributed by atoms with Crippen molar-refractivity contribution in [2.75, 3.05) is 3.94 Å². The Labute approximate surface area is 82.8 Å². The molecular formula is C6H3Cl2N3S. The minimum atomic E-state index is 0.534. The van der Waals surface area contributed by atoms with Crippen molar-refractivity contribution in [2.24, 2.45) is 0 Å². The molecule has 0 spiro atoms. The molecule has 0 radical (unpaired) electrons. The highest BCUT2D eigenvalue weighted by Gasteiger charge is 2.07. The monoisotopic (exact) mass is 219 g/mol. The Morgan fingerprint density at radius 2 is 2.25 bits per heavy atom. The molecule has 2 aromatic heterocycles. The van der Waals surface area contributed by atoms with Crippen molar-refractivity contribution in [3.63, 3.8) is 0 Å². The maximum atomic E-state index is 5.49. The number of thiazole rings is 1. The van der Waals surface area contributed by atoms with E-state index in [0.717, 1.165) is 14.3 Å². The number of anilines is 1. The third-order valence-corrected chi connectivity index (χ3v) is 2.78. The Balaban J connectivity index is 2.62. The van der Waals surface area contributed by atoms with Gasteiger partial charge in [-0.1, -0.05) is 11.3 Å². The second kappa shape index (κ2) is 3.05. The molecule has 6 heteroatoms. The lowest BCUT2D eigenvalue weighted by atomic mass is 10.5. The predicted octanol–water partition coefficient (Wildman–Crippen LogP) is 2.81. The van der Waals surface area contributed by atoms with Crippen LogP contribution in [0.2, 0.25) is 0 Å². The van der Waals surface area contributed by atoms with E-state index in [4.69, 9.17) is 23.6 Å². The van der Waals surface area contributed by atoms with Crippen LogP contribution in [0.4, 0.5) is 5.13 Å². The molecule has 0 aliphatic heterocycles. The van der Waals surface area contributed by atoms with Gasteiger partial charge in [-0.25, -0.2) is 9.97 Å². The van der Waals surface area contributed by atoms with Crippen LogP contribution < -0.4 is 3.94 Å². The van der Waals surface area contributed by atoms with Gasteiger partial charge in [0.2, 0.25) is 5.13 Å². The Morgan fingerprint density at radius 1 is 1.42 bits per heavy atom. The van der Waals surface area contributed by atoms with Crippen LogP contribution in [0, 0.1) is 0 Å². The van der Waals surface area contributed by atoms with Crippen LogP contribution in [-0.2, 0) is 0 Å². The summed E-state index contributed by atoms with van der Waals surface area (Å²) in [6.45, 7) is 0. The van der Waals surface area contributed by atoms with E-state index in [2.05, 4.69) is 9.97 Å². The molecule has 0 aliphatic carbocycles. The largest absolute Gasteiger partial charge is 0.244 e. The fourth-order valence-corrected chi connectivity index (χ4v) is 1.83. The third-order valence-electron chi connectivity index (χ3n) is 1.30. The lowest BCUT2D eigenvalue weighted by Crippen LogP contribution is -1.88. The number of fused-ring (bicyclic) bond motifs is 1. The van der Waals surface area contributed by atoms with Gasteiger partial charge in [0, 0.05) is 29.8 Å². The second-order valence-electron chi connectivity index (χ2n) is 2.06. The second-order valence-corrected chi connectivity index (χ2v) is 3.86. The van der Waals surface area contributed by atoms with Gasteiger partial charge in [0.25, 0.3) is 0 Å². The lowest BCUT2D eigenvalue weighted by Gasteiger charge is -1.95. The quantitative estimate of drug-likeness (QED) is 0.692. The molecule has 0 atom stereocenters. The highest BCUT2D eigenvalue weighted by atomic mass is 35.5. The molecule has 2 heterocycles. The standard InChI is InChI=1S/C6H3Cl2N3S/c7-11(8)6-10-4-2-1-3-9-5(4)12-6/h1-3H. The summed E-state index contributed by atoms with van der Waals surface area (Å²) >= 11 is 12.3. The first-order chi connectivity index (χ1) is 5.77. The van der Waals surface area contributed by atoms with E-state index in [1.165, 1.54) is 11.3 Å². The zero-order chi connectivity index (χ0) is 8.55. The number of nitrogens with zero attached hydrogens (tertiary/aromatic N) is 3. The van der Waals surface area contributed by atoms with E-state index in [1.54, 1.807) is 6.20 Å². The predicted molar refractivity (Wildman–Crippen MR) is 51.6 cm³/mol.